The second-order valence-corrected chi connectivity index (χ2v) is 5.57. The largest absolute Gasteiger partial charge is 0.388 e. The third-order valence-electron chi connectivity index (χ3n) is 3.95. The van der Waals surface area contributed by atoms with Gasteiger partial charge in [-0.2, -0.15) is 0 Å². The van der Waals surface area contributed by atoms with Gasteiger partial charge in [-0.05, 0) is 6.42 Å². The number of carbonyl (C=O) groups excluding carboxylic acids is 2. The Morgan fingerprint density at radius 3 is 2.79 bits per heavy atom. The molecular weight excluding hydrogens is 248 g/mol. The zero-order chi connectivity index (χ0) is 13.9. The van der Waals surface area contributed by atoms with E-state index in [2.05, 4.69) is 5.32 Å². The molecule has 108 valence electrons. The molecule has 2 saturated heterocycles. The minimum Gasteiger partial charge on any atom is -0.388 e. The molecule has 2 fully saturated rings. The Bertz CT molecular complexity index is 343. The number of hydrogen-bond donors (Lipinski definition) is 2. The molecule has 0 radical (unpaired) electrons. The lowest BCUT2D eigenvalue weighted by molar-refractivity contribution is -0.142. The van der Waals surface area contributed by atoms with E-state index >= 15 is 0 Å². The minimum atomic E-state index is -0.833. The van der Waals surface area contributed by atoms with Gasteiger partial charge in [0, 0.05) is 52.6 Å². The number of likely N-dealkylation sites (N-methyl/N-ethyl adjacent to an activating group) is 1. The summed E-state index contributed by atoms with van der Waals surface area (Å²) in [5.74, 6) is -0.152. The molecule has 2 aliphatic rings. The van der Waals surface area contributed by atoms with E-state index in [0.717, 1.165) is 0 Å². The number of amides is 2. The van der Waals surface area contributed by atoms with Crippen molar-refractivity contribution < 1.29 is 19.4 Å². The summed E-state index contributed by atoms with van der Waals surface area (Å²) in [6.07, 6.45) is 2.12. The lowest BCUT2D eigenvalue weighted by Gasteiger charge is -2.36. The van der Waals surface area contributed by atoms with E-state index in [1.54, 1.807) is 11.9 Å². The van der Waals surface area contributed by atoms with E-state index < -0.39 is 5.60 Å². The van der Waals surface area contributed by atoms with E-state index in [1.807, 2.05) is 0 Å². The first-order valence-corrected chi connectivity index (χ1v) is 6.82. The average molecular weight is 270 g/mol. The van der Waals surface area contributed by atoms with Gasteiger partial charge in [0.25, 0.3) is 0 Å². The molecule has 0 aromatic carbocycles. The molecule has 1 atom stereocenters. The third-order valence-corrected chi connectivity index (χ3v) is 3.95. The van der Waals surface area contributed by atoms with Crippen LogP contribution in [0.15, 0.2) is 0 Å². The molecule has 1 unspecified atom stereocenters. The van der Waals surface area contributed by atoms with E-state index in [0.29, 0.717) is 52.0 Å². The summed E-state index contributed by atoms with van der Waals surface area (Å²) in [5.41, 5.74) is -0.833. The Hall–Kier alpha value is -1.14. The molecule has 2 heterocycles. The summed E-state index contributed by atoms with van der Waals surface area (Å²) in [7, 11) is 1.71. The van der Waals surface area contributed by atoms with E-state index in [1.165, 1.54) is 0 Å². The smallest absolute Gasteiger partial charge is 0.227 e. The van der Waals surface area contributed by atoms with Gasteiger partial charge in [-0.1, -0.05) is 0 Å². The van der Waals surface area contributed by atoms with Gasteiger partial charge in [-0.25, -0.2) is 0 Å². The fourth-order valence-corrected chi connectivity index (χ4v) is 2.68. The Kier molecular flexibility index (Phi) is 4.42. The van der Waals surface area contributed by atoms with E-state index in [-0.39, 0.29) is 17.7 Å². The Morgan fingerprint density at radius 2 is 2.21 bits per heavy atom. The SMILES string of the molecule is CN(CC1(O)CCOCC1)C(=O)C1CCC(=O)NC1. The molecule has 2 aliphatic heterocycles. The number of ether oxygens (including phenoxy) is 1. The van der Waals surface area contributed by atoms with Crippen molar-refractivity contribution in [2.45, 2.75) is 31.3 Å². The number of piperidine rings is 1. The lowest BCUT2D eigenvalue weighted by Crippen LogP contribution is -2.50. The van der Waals surface area contributed by atoms with Crippen LogP contribution >= 0.6 is 0 Å². The van der Waals surface area contributed by atoms with Crippen molar-refractivity contribution in [1.29, 1.82) is 0 Å². The van der Waals surface area contributed by atoms with Gasteiger partial charge in [-0.15, -0.1) is 0 Å². The van der Waals surface area contributed by atoms with Gasteiger partial charge in [-0.3, -0.25) is 9.59 Å². The molecule has 0 spiro atoms. The van der Waals surface area contributed by atoms with Crippen LogP contribution in [0, 0.1) is 5.92 Å². The third kappa shape index (κ3) is 3.67. The minimum absolute atomic E-state index is 0.0000770. The number of nitrogens with one attached hydrogen (secondary N) is 1. The van der Waals surface area contributed by atoms with Crippen LogP contribution in [0.4, 0.5) is 0 Å². The summed E-state index contributed by atoms with van der Waals surface area (Å²) in [6, 6.07) is 0. The summed E-state index contributed by atoms with van der Waals surface area (Å²) in [4.78, 5) is 24.9. The Balaban J connectivity index is 1.86. The van der Waals surface area contributed by atoms with Gasteiger partial charge < -0.3 is 20.1 Å². The van der Waals surface area contributed by atoms with Crippen LogP contribution in [-0.4, -0.2) is 60.8 Å². The highest BCUT2D eigenvalue weighted by molar-refractivity contribution is 5.83. The highest BCUT2D eigenvalue weighted by Gasteiger charge is 2.34. The first-order valence-electron chi connectivity index (χ1n) is 6.82. The van der Waals surface area contributed by atoms with Crippen molar-refractivity contribution in [3.05, 3.63) is 0 Å². The number of nitrogens with zero attached hydrogens (tertiary/aromatic N) is 1. The van der Waals surface area contributed by atoms with Crippen LogP contribution in [-0.2, 0) is 14.3 Å². The predicted octanol–water partition coefficient (Wildman–Crippen LogP) is -0.487. The molecule has 6 heteroatoms. The molecule has 2 N–H and O–H groups in total. The predicted molar refractivity (Wildman–Crippen MR) is 68.4 cm³/mol. The molecule has 0 saturated carbocycles. The van der Waals surface area contributed by atoms with Crippen molar-refractivity contribution in [2.24, 2.45) is 5.92 Å². The number of hydrogen-bond acceptors (Lipinski definition) is 4. The molecule has 2 rings (SSSR count). The summed E-state index contributed by atoms with van der Waals surface area (Å²) in [5, 5.41) is 13.1. The lowest BCUT2D eigenvalue weighted by atomic mass is 9.92. The molecule has 0 aliphatic carbocycles. The van der Waals surface area contributed by atoms with Crippen LogP contribution in [0.25, 0.3) is 0 Å². The fourth-order valence-electron chi connectivity index (χ4n) is 2.68. The molecule has 19 heavy (non-hydrogen) atoms. The second kappa shape index (κ2) is 5.88. The topological polar surface area (TPSA) is 78.9 Å². The molecule has 0 aromatic heterocycles. The zero-order valence-electron chi connectivity index (χ0n) is 11.4. The monoisotopic (exact) mass is 270 g/mol. The first-order chi connectivity index (χ1) is 9.00. The molecule has 0 bridgehead atoms. The van der Waals surface area contributed by atoms with Gasteiger partial charge in [0.05, 0.1) is 11.5 Å². The molecule has 2 amide bonds. The maximum absolute atomic E-state index is 12.3. The highest BCUT2D eigenvalue weighted by Crippen LogP contribution is 2.22. The van der Waals surface area contributed by atoms with Gasteiger partial charge >= 0.3 is 0 Å². The molecular formula is C13H22N2O4. The maximum Gasteiger partial charge on any atom is 0.227 e. The fraction of sp³-hybridized carbons (Fsp3) is 0.846. The van der Waals surface area contributed by atoms with Crippen molar-refractivity contribution >= 4 is 11.8 Å². The second-order valence-electron chi connectivity index (χ2n) is 5.57. The van der Waals surface area contributed by atoms with Crippen LogP contribution in [0.2, 0.25) is 0 Å². The number of aliphatic hydroxyl groups is 1. The maximum atomic E-state index is 12.3. The van der Waals surface area contributed by atoms with Gasteiger partial charge in [0.2, 0.25) is 11.8 Å². The quantitative estimate of drug-likeness (QED) is 0.725. The molecule has 6 nitrogen and oxygen atoms in total. The summed E-state index contributed by atoms with van der Waals surface area (Å²) in [6.45, 7) is 1.82. The first kappa shape index (κ1) is 14.3. The summed E-state index contributed by atoms with van der Waals surface area (Å²) < 4.78 is 5.22. The molecule has 0 aromatic rings. The van der Waals surface area contributed by atoms with Crippen molar-refractivity contribution in [3.63, 3.8) is 0 Å². The van der Waals surface area contributed by atoms with Crippen LogP contribution in [0.3, 0.4) is 0 Å². The van der Waals surface area contributed by atoms with Crippen molar-refractivity contribution in [3.8, 4) is 0 Å². The number of rotatable bonds is 3. The highest BCUT2D eigenvalue weighted by atomic mass is 16.5. The summed E-state index contributed by atoms with van der Waals surface area (Å²) >= 11 is 0. The van der Waals surface area contributed by atoms with Crippen LogP contribution < -0.4 is 5.32 Å². The zero-order valence-corrected chi connectivity index (χ0v) is 11.4. The van der Waals surface area contributed by atoms with Crippen molar-refractivity contribution in [2.75, 3.05) is 33.4 Å². The van der Waals surface area contributed by atoms with E-state index in [4.69, 9.17) is 4.74 Å². The average Bonchev–Trinajstić information content (AvgIpc) is 2.39. The standard InChI is InChI=1S/C13H22N2O4/c1-15(9-13(18)4-6-19-7-5-13)12(17)10-2-3-11(16)14-8-10/h10,18H,2-9H2,1H3,(H,14,16). The Morgan fingerprint density at radius 1 is 1.53 bits per heavy atom. The van der Waals surface area contributed by atoms with Gasteiger partial charge in [0.15, 0.2) is 0 Å². The van der Waals surface area contributed by atoms with Crippen LogP contribution in [0.5, 0.6) is 0 Å². The van der Waals surface area contributed by atoms with Gasteiger partial charge in [0.1, 0.15) is 0 Å². The Labute approximate surface area is 113 Å². The normalized spacial score (nSPS) is 26.6. The van der Waals surface area contributed by atoms with Crippen LogP contribution in [0.1, 0.15) is 25.7 Å². The number of carbonyl (C=O) groups is 2. The van der Waals surface area contributed by atoms with E-state index in [9.17, 15) is 14.7 Å². The van der Waals surface area contributed by atoms with Crippen molar-refractivity contribution in [1.82, 2.24) is 10.2 Å².